The Kier molecular flexibility index (Phi) is 4.47. The molecule has 0 aliphatic carbocycles. The highest BCUT2D eigenvalue weighted by molar-refractivity contribution is 7.91. The molecule has 1 aliphatic heterocycles. The van der Waals surface area contributed by atoms with Gasteiger partial charge in [0.05, 0.1) is 11.5 Å². The molecule has 1 saturated heterocycles. The smallest absolute Gasteiger partial charge is 0.152 e. The summed E-state index contributed by atoms with van der Waals surface area (Å²) in [6.45, 7) is 0.850. The third-order valence-corrected chi connectivity index (χ3v) is 5.15. The molecule has 1 aromatic carbocycles. The maximum atomic E-state index is 11.7. The van der Waals surface area contributed by atoms with Gasteiger partial charge in [-0.05, 0) is 38.6 Å². The van der Waals surface area contributed by atoms with Crippen LogP contribution in [0.2, 0.25) is 0 Å². The number of nitrogens with one attached hydrogen (secondary N) is 1. The van der Waals surface area contributed by atoms with Crippen molar-refractivity contribution < 1.29 is 8.42 Å². The lowest BCUT2D eigenvalue weighted by molar-refractivity contribution is 0.403. The lowest BCUT2D eigenvalue weighted by Crippen LogP contribution is -2.35. The van der Waals surface area contributed by atoms with Crippen LogP contribution >= 0.6 is 0 Å². The minimum atomic E-state index is -2.86. The van der Waals surface area contributed by atoms with Crippen LogP contribution in [0.25, 0.3) is 0 Å². The average molecular weight is 282 g/mol. The quantitative estimate of drug-likeness (QED) is 0.914. The van der Waals surface area contributed by atoms with Gasteiger partial charge in [0, 0.05) is 18.3 Å². The van der Waals surface area contributed by atoms with Gasteiger partial charge in [-0.2, -0.15) is 0 Å². The zero-order chi connectivity index (χ0) is 13.9. The topological polar surface area (TPSA) is 49.4 Å². The van der Waals surface area contributed by atoms with Crippen LogP contribution in [0.3, 0.4) is 0 Å². The van der Waals surface area contributed by atoms with E-state index >= 15 is 0 Å². The highest BCUT2D eigenvalue weighted by Gasteiger charge is 2.24. The van der Waals surface area contributed by atoms with E-state index in [0.717, 1.165) is 25.1 Å². The molecule has 1 heterocycles. The van der Waals surface area contributed by atoms with Crippen molar-refractivity contribution in [2.75, 3.05) is 30.9 Å². The van der Waals surface area contributed by atoms with Gasteiger partial charge in [-0.15, -0.1) is 0 Å². The molecule has 1 fully saturated rings. The largest absolute Gasteiger partial charge is 0.381 e. The average Bonchev–Trinajstić information content (AvgIpc) is 2.30. The van der Waals surface area contributed by atoms with Gasteiger partial charge in [0.1, 0.15) is 0 Å². The third-order valence-electron chi connectivity index (χ3n) is 3.33. The van der Waals surface area contributed by atoms with E-state index in [1.54, 1.807) is 0 Å². The van der Waals surface area contributed by atoms with Gasteiger partial charge in [0.2, 0.25) is 0 Å². The van der Waals surface area contributed by atoms with Crippen molar-refractivity contribution in [2.45, 2.75) is 25.4 Å². The number of hydrogen-bond acceptors (Lipinski definition) is 4. The fourth-order valence-corrected chi connectivity index (χ4v) is 4.13. The first-order chi connectivity index (χ1) is 8.96. The molecular formula is C14H22N2O2S. The van der Waals surface area contributed by atoms with Gasteiger partial charge >= 0.3 is 0 Å². The minimum absolute atomic E-state index is 0.0436. The first kappa shape index (κ1) is 14.3. The van der Waals surface area contributed by atoms with Gasteiger partial charge in [0.15, 0.2) is 9.84 Å². The van der Waals surface area contributed by atoms with Gasteiger partial charge in [-0.3, -0.25) is 0 Å². The number of anilines is 1. The van der Waals surface area contributed by atoms with Crippen molar-refractivity contribution in [1.29, 1.82) is 0 Å². The molecule has 1 aromatic rings. The zero-order valence-corrected chi connectivity index (χ0v) is 12.4. The van der Waals surface area contributed by atoms with E-state index in [1.165, 1.54) is 5.56 Å². The van der Waals surface area contributed by atoms with Crippen LogP contribution in [-0.4, -0.2) is 45.0 Å². The molecule has 1 aliphatic rings. The SMILES string of the molecule is CN(C)Cc1ccccc1NC1CCCS(=O)(=O)C1. The van der Waals surface area contributed by atoms with E-state index in [-0.39, 0.29) is 11.8 Å². The lowest BCUT2D eigenvalue weighted by Gasteiger charge is -2.25. The lowest BCUT2D eigenvalue weighted by atomic mass is 10.1. The summed E-state index contributed by atoms with van der Waals surface area (Å²) in [6, 6.07) is 8.15. The molecule has 0 saturated carbocycles. The van der Waals surface area contributed by atoms with Crippen molar-refractivity contribution in [3.63, 3.8) is 0 Å². The van der Waals surface area contributed by atoms with Crippen LogP contribution < -0.4 is 5.32 Å². The summed E-state index contributed by atoms with van der Waals surface area (Å²) in [4.78, 5) is 2.11. The normalized spacial score (nSPS) is 22.4. The monoisotopic (exact) mass is 282 g/mol. The second-order valence-corrected chi connectivity index (χ2v) is 7.72. The number of sulfone groups is 1. The van der Waals surface area contributed by atoms with Crippen molar-refractivity contribution >= 4 is 15.5 Å². The fourth-order valence-electron chi connectivity index (χ4n) is 2.50. The Morgan fingerprint density at radius 3 is 2.74 bits per heavy atom. The Morgan fingerprint density at radius 1 is 1.32 bits per heavy atom. The molecule has 106 valence electrons. The molecule has 19 heavy (non-hydrogen) atoms. The molecular weight excluding hydrogens is 260 g/mol. The molecule has 5 heteroatoms. The number of rotatable bonds is 4. The first-order valence-corrected chi connectivity index (χ1v) is 8.48. The van der Waals surface area contributed by atoms with E-state index in [2.05, 4.69) is 16.3 Å². The molecule has 0 aromatic heterocycles. The number of para-hydroxylation sites is 1. The summed E-state index contributed by atoms with van der Waals surface area (Å²) in [5.41, 5.74) is 2.26. The molecule has 0 spiro atoms. The molecule has 2 rings (SSSR count). The summed E-state index contributed by atoms with van der Waals surface area (Å²) in [6.07, 6.45) is 1.69. The maximum Gasteiger partial charge on any atom is 0.152 e. The Labute approximate surface area is 115 Å². The number of hydrogen-bond donors (Lipinski definition) is 1. The number of benzene rings is 1. The van der Waals surface area contributed by atoms with E-state index in [4.69, 9.17) is 0 Å². The highest BCUT2D eigenvalue weighted by Crippen LogP contribution is 2.21. The van der Waals surface area contributed by atoms with E-state index < -0.39 is 9.84 Å². The highest BCUT2D eigenvalue weighted by atomic mass is 32.2. The fraction of sp³-hybridized carbons (Fsp3) is 0.571. The zero-order valence-electron chi connectivity index (χ0n) is 11.6. The van der Waals surface area contributed by atoms with Crippen molar-refractivity contribution in [3.8, 4) is 0 Å². The number of nitrogens with zero attached hydrogens (tertiary/aromatic N) is 1. The van der Waals surface area contributed by atoms with Crippen LogP contribution in [0.5, 0.6) is 0 Å². The summed E-state index contributed by atoms with van der Waals surface area (Å²) in [5.74, 6) is 0.591. The van der Waals surface area contributed by atoms with Gasteiger partial charge in [-0.25, -0.2) is 8.42 Å². The molecule has 0 amide bonds. The summed E-state index contributed by atoms with van der Waals surface area (Å²) in [7, 11) is 1.20. The third kappa shape index (κ3) is 4.21. The Morgan fingerprint density at radius 2 is 2.05 bits per heavy atom. The molecule has 1 N–H and O–H groups in total. The Bertz CT molecular complexity index is 526. The summed E-state index contributed by atoms with van der Waals surface area (Å²) >= 11 is 0. The van der Waals surface area contributed by atoms with Crippen molar-refractivity contribution in [1.82, 2.24) is 4.90 Å². The molecule has 4 nitrogen and oxygen atoms in total. The Hall–Kier alpha value is -1.07. The van der Waals surface area contributed by atoms with Crippen LogP contribution in [0.1, 0.15) is 18.4 Å². The summed E-state index contributed by atoms with van der Waals surface area (Å²) in [5, 5.41) is 3.40. The van der Waals surface area contributed by atoms with E-state index in [1.807, 2.05) is 32.3 Å². The van der Waals surface area contributed by atoms with E-state index in [9.17, 15) is 8.42 Å². The first-order valence-electron chi connectivity index (χ1n) is 6.66. The second kappa shape index (κ2) is 5.92. The standard InChI is InChI=1S/C14H22N2O2S/c1-16(2)10-12-6-3-4-8-14(12)15-13-7-5-9-19(17,18)11-13/h3-4,6,8,13,15H,5,7,9-11H2,1-2H3. The van der Waals surface area contributed by atoms with Gasteiger partial charge in [0.25, 0.3) is 0 Å². The molecule has 0 radical (unpaired) electrons. The van der Waals surface area contributed by atoms with Crippen LogP contribution in [-0.2, 0) is 16.4 Å². The van der Waals surface area contributed by atoms with Crippen molar-refractivity contribution in [2.24, 2.45) is 0 Å². The molecule has 1 atom stereocenters. The van der Waals surface area contributed by atoms with Gasteiger partial charge in [-0.1, -0.05) is 18.2 Å². The van der Waals surface area contributed by atoms with Crippen LogP contribution in [0.15, 0.2) is 24.3 Å². The minimum Gasteiger partial charge on any atom is -0.381 e. The predicted molar refractivity (Wildman–Crippen MR) is 79.1 cm³/mol. The molecule has 0 bridgehead atoms. The van der Waals surface area contributed by atoms with Crippen LogP contribution in [0, 0.1) is 0 Å². The predicted octanol–water partition coefficient (Wildman–Crippen LogP) is 1.74. The van der Waals surface area contributed by atoms with E-state index in [0.29, 0.717) is 5.75 Å². The Balaban J connectivity index is 2.10. The van der Waals surface area contributed by atoms with Crippen LogP contribution in [0.4, 0.5) is 5.69 Å². The second-order valence-electron chi connectivity index (χ2n) is 5.49. The van der Waals surface area contributed by atoms with Crippen molar-refractivity contribution in [3.05, 3.63) is 29.8 Å². The van der Waals surface area contributed by atoms with Gasteiger partial charge < -0.3 is 10.2 Å². The summed E-state index contributed by atoms with van der Waals surface area (Å²) < 4.78 is 23.3. The molecule has 1 unspecified atom stereocenters. The maximum absolute atomic E-state index is 11.7.